The van der Waals surface area contributed by atoms with E-state index in [0.29, 0.717) is 0 Å². The number of aliphatic imine (C=N–C) groups is 1. The van der Waals surface area contributed by atoms with Crippen molar-refractivity contribution < 1.29 is 14.3 Å². The van der Waals surface area contributed by atoms with Gasteiger partial charge in [0.05, 0.1) is 0 Å². The number of carbonyl (C=O) groups is 1. The standard InChI is InChI=1S/C12H13N3O3/c13-12(14)15-11(16)8-4-7(8)6-1-2-9-10(3-6)18-5-17-9/h1-3,7-8H,4-5H2,(H4,13,14,15,16). The predicted octanol–water partition coefficient (Wildman–Crippen LogP) is 0.319. The summed E-state index contributed by atoms with van der Waals surface area (Å²) < 4.78 is 10.5. The zero-order chi connectivity index (χ0) is 12.7. The normalized spacial score (nSPS) is 23.6. The molecule has 0 spiro atoms. The Bertz CT molecular complexity index is 537. The van der Waals surface area contributed by atoms with Gasteiger partial charge in [-0.1, -0.05) is 6.07 Å². The first kappa shape index (κ1) is 10.9. The van der Waals surface area contributed by atoms with Crippen LogP contribution < -0.4 is 20.9 Å². The zero-order valence-electron chi connectivity index (χ0n) is 9.63. The van der Waals surface area contributed by atoms with Gasteiger partial charge in [-0.2, -0.15) is 4.99 Å². The molecule has 2 unspecified atom stereocenters. The quantitative estimate of drug-likeness (QED) is 0.579. The SMILES string of the molecule is NC(N)=NC(=O)C1CC1c1ccc2c(c1)OCO2. The maximum absolute atomic E-state index is 11.6. The van der Waals surface area contributed by atoms with Gasteiger partial charge in [0, 0.05) is 5.92 Å². The van der Waals surface area contributed by atoms with Gasteiger partial charge >= 0.3 is 0 Å². The second-order valence-electron chi connectivity index (χ2n) is 4.44. The Morgan fingerprint density at radius 2 is 2.06 bits per heavy atom. The third-order valence-corrected chi connectivity index (χ3v) is 3.17. The average Bonchev–Trinajstić information content (AvgIpc) is 2.99. The Hall–Kier alpha value is -2.24. The predicted molar refractivity (Wildman–Crippen MR) is 64.2 cm³/mol. The molecule has 1 saturated carbocycles. The van der Waals surface area contributed by atoms with E-state index in [1.54, 1.807) is 0 Å². The van der Waals surface area contributed by atoms with Crippen molar-refractivity contribution in [2.24, 2.45) is 22.4 Å². The summed E-state index contributed by atoms with van der Waals surface area (Å²) in [5.41, 5.74) is 11.4. The second-order valence-corrected chi connectivity index (χ2v) is 4.44. The number of carbonyl (C=O) groups excluding carboxylic acids is 1. The Kier molecular flexibility index (Phi) is 2.36. The zero-order valence-corrected chi connectivity index (χ0v) is 9.63. The van der Waals surface area contributed by atoms with Crippen LogP contribution in [-0.2, 0) is 4.79 Å². The molecule has 4 N–H and O–H groups in total. The van der Waals surface area contributed by atoms with Crippen molar-refractivity contribution in [3.8, 4) is 11.5 Å². The summed E-state index contributed by atoms with van der Waals surface area (Å²) >= 11 is 0. The smallest absolute Gasteiger partial charge is 0.252 e. The Morgan fingerprint density at radius 3 is 2.83 bits per heavy atom. The highest BCUT2D eigenvalue weighted by Crippen LogP contribution is 2.50. The molecule has 0 radical (unpaired) electrons. The van der Waals surface area contributed by atoms with E-state index in [4.69, 9.17) is 20.9 Å². The van der Waals surface area contributed by atoms with Crippen molar-refractivity contribution in [3.05, 3.63) is 23.8 Å². The third-order valence-electron chi connectivity index (χ3n) is 3.17. The highest BCUT2D eigenvalue weighted by atomic mass is 16.7. The lowest BCUT2D eigenvalue weighted by molar-refractivity contribution is -0.119. The molecule has 18 heavy (non-hydrogen) atoms. The molecular weight excluding hydrogens is 234 g/mol. The van der Waals surface area contributed by atoms with Crippen LogP contribution in [0, 0.1) is 5.92 Å². The largest absolute Gasteiger partial charge is 0.454 e. The summed E-state index contributed by atoms with van der Waals surface area (Å²) in [6, 6.07) is 5.72. The first-order valence-corrected chi connectivity index (χ1v) is 5.68. The second kappa shape index (κ2) is 3.90. The molecule has 0 saturated heterocycles. The van der Waals surface area contributed by atoms with E-state index in [1.165, 1.54) is 0 Å². The van der Waals surface area contributed by atoms with Crippen LogP contribution in [0.1, 0.15) is 17.9 Å². The maximum Gasteiger partial charge on any atom is 0.252 e. The Morgan fingerprint density at radius 1 is 1.28 bits per heavy atom. The molecule has 94 valence electrons. The first-order valence-electron chi connectivity index (χ1n) is 5.68. The average molecular weight is 247 g/mol. The molecule has 3 rings (SSSR count). The third kappa shape index (κ3) is 1.85. The molecule has 1 aliphatic carbocycles. The minimum Gasteiger partial charge on any atom is -0.454 e. The van der Waals surface area contributed by atoms with Crippen LogP contribution in [0.15, 0.2) is 23.2 Å². The van der Waals surface area contributed by atoms with Crippen molar-refractivity contribution >= 4 is 11.9 Å². The molecule has 0 aromatic heterocycles. The first-order chi connectivity index (χ1) is 8.65. The van der Waals surface area contributed by atoms with Crippen molar-refractivity contribution in [1.29, 1.82) is 0 Å². The number of guanidine groups is 1. The van der Waals surface area contributed by atoms with Gasteiger partial charge in [0.2, 0.25) is 6.79 Å². The molecule has 1 aromatic rings. The topological polar surface area (TPSA) is 99.9 Å². The number of fused-ring (bicyclic) bond motifs is 1. The van der Waals surface area contributed by atoms with E-state index in [9.17, 15) is 4.79 Å². The number of hydrogen-bond acceptors (Lipinski definition) is 3. The van der Waals surface area contributed by atoms with Gasteiger partial charge in [0.15, 0.2) is 17.5 Å². The van der Waals surface area contributed by atoms with Crippen molar-refractivity contribution in [2.45, 2.75) is 12.3 Å². The molecule has 0 bridgehead atoms. The van der Waals surface area contributed by atoms with Gasteiger partial charge in [0.25, 0.3) is 5.91 Å². The highest BCUT2D eigenvalue weighted by Gasteiger charge is 2.44. The van der Waals surface area contributed by atoms with Gasteiger partial charge < -0.3 is 20.9 Å². The van der Waals surface area contributed by atoms with E-state index in [2.05, 4.69) is 4.99 Å². The van der Waals surface area contributed by atoms with E-state index in [-0.39, 0.29) is 30.5 Å². The van der Waals surface area contributed by atoms with Crippen molar-refractivity contribution in [2.75, 3.05) is 6.79 Å². The molecule has 2 aliphatic rings. The van der Waals surface area contributed by atoms with Crippen LogP contribution >= 0.6 is 0 Å². The Balaban J connectivity index is 1.75. The fourth-order valence-corrected chi connectivity index (χ4v) is 2.19. The molecule has 1 aromatic carbocycles. The summed E-state index contributed by atoms with van der Waals surface area (Å²) in [6.45, 7) is 0.250. The fourth-order valence-electron chi connectivity index (χ4n) is 2.19. The number of nitrogens with two attached hydrogens (primary N) is 2. The molecule has 6 nitrogen and oxygen atoms in total. The van der Waals surface area contributed by atoms with Crippen LogP contribution in [0.3, 0.4) is 0 Å². The van der Waals surface area contributed by atoms with Crippen LogP contribution in [0.2, 0.25) is 0 Å². The highest BCUT2D eigenvalue weighted by molar-refractivity contribution is 5.94. The molecule has 1 amide bonds. The van der Waals surface area contributed by atoms with Crippen molar-refractivity contribution in [3.63, 3.8) is 0 Å². The summed E-state index contributed by atoms with van der Waals surface area (Å²) in [5, 5.41) is 0. The minimum absolute atomic E-state index is 0.118. The summed E-state index contributed by atoms with van der Waals surface area (Å²) in [6.07, 6.45) is 0.773. The van der Waals surface area contributed by atoms with E-state index >= 15 is 0 Å². The van der Waals surface area contributed by atoms with Crippen LogP contribution in [0.25, 0.3) is 0 Å². The lowest BCUT2D eigenvalue weighted by Crippen LogP contribution is -2.24. The van der Waals surface area contributed by atoms with E-state index in [1.807, 2.05) is 18.2 Å². The van der Waals surface area contributed by atoms with Gasteiger partial charge in [-0.25, -0.2) is 0 Å². The van der Waals surface area contributed by atoms with E-state index < -0.39 is 0 Å². The molecule has 2 atom stereocenters. The van der Waals surface area contributed by atoms with Crippen LogP contribution in [0.5, 0.6) is 11.5 Å². The lowest BCUT2D eigenvalue weighted by atomic mass is 10.1. The van der Waals surface area contributed by atoms with Crippen LogP contribution in [0.4, 0.5) is 0 Å². The maximum atomic E-state index is 11.6. The molecule has 1 aliphatic heterocycles. The number of hydrogen-bond donors (Lipinski definition) is 2. The van der Waals surface area contributed by atoms with Gasteiger partial charge in [-0.05, 0) is 30.0 Å². The van der Waals surface area contributed by atoms with Gasteiger partial charge in [-0.15, -0.1) is 0 Å². The van der Waals surface area contributed by atoms with Crippen molar-refractivity contribution in [1.82, 2.24) is 0 Å². The summed E-state index contributed by atoms with van der Waals surface area (Å²) in [7, 11) is 0. The molecular formula is C12H13N3O3. The monoisotopic (exact) mass is 247 g/mol. The minimum atomic E-state index is -0.252. The number of rotatable bonds is 2. The number of nitrogens with zero attached hydrogens (tertiary/aromatic N) is 1. The number of ether oxygens (including phenoxy) is 2. The van der Waals surface area contributed by atoms with Gasteiger partial charge in [0.1, 0.15) is 0 Å². The fraction of sp³-hybridized carbons (Fsp3) is 0.333. The molecule has 1 fully saturated rings. The van der Waals surface area contributed by atoms with E-state index in [0.717, 1.165) is 23.5 Å². The van der Waals surface area contributed by atoms with Crippen LogP contribution in [-0.4, -0.2) is 18.7 Å². The van der Waals surface area contributed by atoms with Gasteiger partial charge in [-0.3, -0.25) is 4.79 Å². The Labute approximate surface area is 104 Å². The molecule has 1 heterocycles. The summed E-state index contributed by atoms with van der Waals surface area (Å²) in [5.74, 6) is 1.09. The summed E-state index contributed by atoms with van der Waals surface area (Å²) in [4.78, 5) is 15.2. The number of benzene rings is 1. The number of amides is 1. The molecule has 6 heteroatoms. The lowest BCUT2D eigenvalue weighted by Gasteiger charge is -2.01.